The molecule has 9 N–H and O–H groups in total. The molecule has 0 aliphatic carbocycles. The van der Waals surface area contributed by atoms with E-state index in [0.717, 1.165) is 38.7 Å². The van der Waals surface area contributed by atoms with Crippen molar-refractivity contribution in [2.45, 2.75) is 244 Å². The van der Waals surface area contributed by atoms with Crippen LogP contribution in [0.15, 0.2) is 24.3 Å². The van der Waals surface area contributed by atoms with Crippen LogP contribution in [0.2, 0.25) is 0 Å². The van der Waals surface area contributed by atoms with Gasteiger partial charge in [-0.05, 0) is 109 Å². The first-order valence-corrected chi connectivity index (χ1v) is 30.7. The third-order valence-corrected chi connectivity index (χ3v) is 14.4. The average Bonchev–Trinajstić information content (AvgIpc) is 3.48. The van der Waals surface area contributed by atoms with E-state index in [9.17, 15) is 48.6 Å². The van der Waals surface area contributed by atoms with Gasteiger partial charge in [-0.1, -0.05) is 117 Å². The quantitative estimate of drug-likeness (QED) is 0.0274. The van der Waals surface area contributed by atoms with Gasteiger partial charge < -0.3 is 66.2 Å². The number of unbranched alkanes of at least 4 members (excludes halogenated alkanes) is 18. The largest absolute Gasteiger partial charge is 0.481 e. The highest BCUT2D eigenvalue weighted by Crippen LogP contribution is 2.23. The van der Waals surface area contributed by atoms with Crippen LogP contribution in [0.5, 0.6) is 0 Å². The number of hydrogen-bond donors (Lipinski definition) is 9. The highest BCUT2D eigenvalue weighted by molar-refractivity contribution is 5.97. The lowest BCUT2D eigenvalue weighted by Crippen LogP contribution is -2.51. The zero-order valence-electron chi connectivity index (χ0n) is 50.6. The average molecular weight is 1160 g/mol. The zero-order valence-corrected chi connectivity index (χ0v) is 50.6. The standard InChI is InChI=1S/C61H106N6O15/c1-6-8-9-10-11-12-13-14-15-16-17-18-19-20-21-27-43-79-44-28-45-80-59(78)65-40-25-22-23-30-52(68)62-41-37-61(5,7-2)82-46-38-60(3,4)81-47-42-64-55(72)49-33-31-48(32-34-49)54(71)63-39-26-24-29-50(56(73)74)66-58(77)67-51(57(75)76)35-36-53(69)70/h31-34,50-51H,6-30,35-47H2,1-5H3,(H,62,68)(H,63,71)(H,64,72)(H,65,78)(H,69,70)(H,73,74)(H,75,76)(H2,66,67,77). The number of amides is 6. The Bertz CT molecular complexity index is 1940. The fourth-order valence-electron chi connectivity index (χ4n) is 8.82. The molecule has 0 radical (unpaired) electrons. The third-order valence-electron chi connectivity index (χ3n) is 14.4. The van der Waals surface area contributed by atoms with E-state index in [0.29, 0.717) is 76.1 Å². The SMILES string of the molecule is CCCCCCCCCCCCCCCCCCOCCCOC(=O)NCCCCCC(=O)NCCC(C)(CC)OCCC(C)(C)OCCNC(=O)c1ccc(C(=O)NCCCCC(NC(=O)NC(CCC(=O)O)C(=O)O)C(=O)O)cc1. The van der Waals surface area contributed by atoms with Gasteiger partial charge in [-0.3, -0.25) is 19.2 Å². The van der Waals surface area contributed by atoms with E-state index in [1.54, 1.807) is 0 Å². The van der Waals surface area contributed by atoms with Crippen LogP contribution in [0.4, 0.5) is 9.59 Å². The van der Waals surface area contributed by atoms with Gasteiger partial charge in [0.05, 0.1) is 31.0 Å². The van der Waals surface area contributed by atoms with Gasteiger partial charge in [0, 0.05) is 69.8 Å². The second-order valence-electron chi connectivity index (χ2n) is 22.2. The second-order valence-corrected chi connectivity index (χ2v) is 22.2. The molecule has 0 aliphatic heterocycles. The van der Waals surface area contributed by atoms with Crippen molar-refractivity contribution >= 4 is 47.8 Å². The highest BCUT2D eigenvalue weighted by atomic mass is 16.6. The topological polar surface area (TPSA) is 306 Å². The number of nitrogens with one attached hydrogen (secondary N) is 6. The molecule has 6 amide bonds. The maximum atomic E-state index is 12.8. The lowest BCUT2D eigenvalue weighted by atomic mass is 9.98. The van der Waals surface area contributed by atoms with E-state index in [2.05, 4.69) is 38.8 Å². The summed E-state index contributed by atoms with van der Waals surface area (Å²) in [4.78, 5) is 96.1. The maximum absolute atomic E-state index is 12.8. The van der Waals surface area contributed by atoms with E-state index in [1.165, 1.54) is 121 Å². The van der Waals surface area contributed by atoms with E-state index in [-0.39, 0.29) is 50.8 Å². The molecule has 0 fully saturated rings. The Balaban J connectivity index is 2.12. The molecule has 21 heteroatoms. The number of carbonyl (C=O) groups is 8. The minimum Gasteiger partial charge on any atom is -0.481 e. The van der Waals surface area contributed by atoms with Crippen molar-refractivity contribution in [3.8, 4) is 0 Å². The van der Waals surface area contributed by atoms with Crippen molar-refractivity contribution in [2.75, 3.05) is 59.2 Å². The molecule has 0 aliphatic rings. The number of hydrogen-bond acceptors (Lipinski definition) is 12. The van der Waals surface area contributed by atoms with Crippen molar-refractivity contribution < 1.29 is 72.6 Å². The smallest absolute Gasteiger partial charge is 0.407 e. The van der Waals surface area contributed by atoms with Crippen molar-refractivity contribution in [3.63, 3.8) is 0 Å². The summed E-state index contributed by atoms with van der Waals surface area (Å²) in [6.45, 7) is 14.0. The molecular weight excluding hydrogens is 1060 g/mol. The third kappa shape index (κ3) is 40.6. The van der Waals surface area contributed by atoms with Crippen LogP contribution in [-0.4, -0.2) is 146 Å². The molecule has 470 valence electrons. The van der Waals surface area contributed by atoms with Crippen molar-refractivity contribution in [1.29, 1.82) is 0 Å². The van der Waals surface area contributed by atoms with Crippen LogP contribution in [-0.2, 0) is 38.1 Å². The van der Waals surface area contributed by atoms with Crippen molar-refractivity contribution in [3.05, 3.63) is 35.4 Å². The second kappa shape index (κ2) is 46.9. The van der Waals surface area contributed by atoms with Gasteiger partial charge in [-0.2, -0.15) is 0 Å². The molecule has 0 spiro atoms. The molecule has 0 saturated carbocycles. The molecule has 1 aromatic carbocycles. The number of rotatable bonds is 53. The van der Waals surface area contributed by atoms with Gasteiger partial charge in [0.2, 0.25) is 5.91 Å². The molecule has 0 aromatic heterocycles. The predicted octanol–water partition coefficient (Wildman–Crippen LogP) is 10.2. The number of ether oxygens (including phenoxy) is 4. The van der Waals surface area contributed by atoms with E-state index < -0.39 is 65.6 Å². The first kappa shape index (κ1) is 74.5. The zero-order chi connectivity index (χ0) is 60.7. The number of aliphatic carboxylic acids is 3. The predicted molar refractivity (Wildman–Crippen MR) is 316 cm³/mol. The summed E-state index contributed by atoms with van der Waals surface area (Å²) in [5.41, 5.74) is -0.324. The number of carbonyl (C=O) groups excluding carboxylic acids is 5. The Morgan fingerprint density at radius 3 is 1.52 bits per heavy atom. The van der Waals surface area contributed by atoms with Gasteiger partial charge in [0.15, 0.2) is 0 Å². The Labute approximate surface area is 489 Å². The first-order chi connectivity index (χ1) is 39.3. The van der Waals surface area contributed by atoms with Gasteiger partial charge in [0.25, 0.3) is 11.8 Å². The van der Waals surface area contributed by atoms with Crippen LogP contribution < -0.4 is 31.9 Å². The molecule has 0 heterocycles. The molecule has 82 heavy (non-hydrogen) atoms. The minimum absolute atomic E-state index is 0.0144. The summed E-state index contributed by atoms with van der Waals surface area (Å²) in [5, 5.41) is 43.1. The van der Waals surface area contributed by atoms with E-state index >= 15 is 0 Å². The first-order valence-electron chi connectivity index (χ1n) is 30.7. The summed E-state index contributed by atoms with van der Waals surface area (Å²) in [6.07, 6.45) is 26.2. The number of carboxylic acids is 3. The van der Waals surface area contributed by atoms with Gasteiger partial charge in [0.1, 0.15) is 12.1 Å². The van der Waals surface area contributed by atoms with Crippen LogP contribution in [0.1, 0.15) is 242 Å². The monoisotopic (exact) mass is 1160 g/mol. The van der Waals surface area contributed by atoms with Crippen LogP contribution >= 0.6 is 0 Å². The van der Waals surface area contributed by atoms with E-state index in [1.807, 2.05) is 27.7 Å². The molecule has 3 atom stereocenters. The summed E-state index contributed by atoms with van der Waals surface area (Å²) in [7, 11) is 0. The summed E-state index contributed by atoms with van der Waals surface area (Å²) < 4.78 is 23.4. The summed E-state index contributed by atoms with van der Waals surface area (Å²) in [6, 6.07) is 2.14. The Hall–Kier alpha value is -5.54. The van der Waals surface area contributed by atoms with Crippen molar-refractivity contribution in [1.82, 2.24) is 31.9 Å². The highest BCUT2D eigenvalue weighted by Gasteiger charge is 2.27. The van der Waals surface area contributed by atoms with Gasteiger partial charge in [-0.25, -0.2) is 19.2 Å². The Kier molecular flexibility index (Phi) is 42.6. The molecule has 3 unspecified atom stereocenters. The van der Waals surface area contributed by atoms with Crippen LogP contribution in [0, 0.1) is 0 Å². The number of benzene rings is 1. The number of alkyl carbamates (subject to hydrolysis) is 1. The summed E-state index contributed by atoms with van der Waals surface area (Å²) in [5.74, 6) is -4.81. The molecule has 1 rings (SSSR count). The molecule has 0 bridgehead atoms. The van der Waals surface area contributed by atoms with E-state index in [4.69, 9.17) is 24.1 Å². The van der Waals surface area contributed by atoms with Crippen molar-refractivity contribution in [2.24, 2.45) is 0 Å². The molecule has 1 aromatic rings. The molecule has 0 saturated heterocycles. The number of carboxylic acid groups (broad SMARTS) is 3. The molecule has 21 nitrogen and oxygen atoms in total. The fourth-order valence-corrected chi connectivity index (χ4v) is 8.82. The summed E-state index contributed by atoms with van der Waals surface area (Å²) >= 11 is 0. The number of urea groups is 1. The maximum Gasteiger partial charge on any atom is 0.407 e. The lowest BCUT2D eigenvalue weighted by Gasteiger charge is -2.32. The van der Waals surface area contributed by atoms with Gasteiger partial charge >= 0.3 is 30.0 Å². The normalized spacial score (nSPS) is 12.8. The molecular formula is C61H106N6O15. The minimum atomic E-state index is -1.51. The Morgan fingerprint density at radius 1 is 0.476 bits per heavy atom. The van der Waals surface area contributed by atoms with Gasteiger partial charge in [-0.15, -0.1) is 0 Å². The fraction of sp³-hybridized carbons (Fsp3) is 0.770. The van der Waals surface area contributed by atoms with Crippen LogP contribution in [0.3, 0.4) is 0 Å². The Morgan fingerprint density at radius 2 is 0.976 bits per heavy atom. The lowest BCUT2D eigenvalue weighted by molar-refractivity contribution is -0.141. The van der Waals surface area contributed by atoms with Crippen LogP contribution in [0.25, 0.3) is 0 Å².